The molecule has 0 saturated carbocycles. The number of aliphatic imine (C=N–C) groups is 1. The number of nitrogens with one attached hydrogen (secondary N) is 1. The lowest BCUT2D eigenvalue weighted by atomic mass is 9.92. The van der Waals surface area contributed by atoms with Gasteiger partial charge in [-0.2, -0.15) is 0 Å². The zero-order valence-corrected chi connectivity index (χ0v) is 19.5. The third-order valence-electron chi connectivity index (χ3n) is 5.55. The number of carbonyl (C=O) groups excluding carboxylic acids is 2. The monoisotopic (exact) mass is 483 g/mol. The summed E-state index contributed by atoms with van der Waals surface area (Å²) in [6.07, 6.45) is 0.430. The number of carbonyl (C=O) groups is 2. The van der Waals surface area contributed by atoms with Crippen molar-refractivity contribution in [2.75, 3.05) is 7.11 Å². The van der Waals surface area contributed by atoms with Gasteiger partial charge in [0.1, 0.15) is 11.6 Å². The van der Waals surface area contributed by atoms with Gasteiger partial charge in [-0.05, 0) is 35.6 Å². The molecule has 1 N–H and O–H groups in total. The lowest BCUT2D eigenvalue weighted by molar-refractivity contribution is -0.136. The van der Waals surface area contributed by atoms with Crippen molar-refractivity contribution in [2.24, 2.45) is 4.99 Å². The Hall–Kier alpha value is -3.46. The number of ether oxygens (including phenoxy) is 1. The van der Waals surface area contributed by atoms with Gasteiger partial charge >= 0.3 is 5.97 Å². The fourth-order valence-corrected chi connectivity index (χ4v) is 4.92. The Kier molecular flexibility index (Phi) is 7.12. The highest BCUT2D eigenvalue weighted by Crippen LogP contribution is 2.45. The van der Waals surface area contributed by atoms with Gasteiger partial charge in [0.15, 0.2) is 5.17 Å². The van der Waals surface area contributed by atoms with Gasteiger partial charge in [0, 0.05) is 17.8 Å². The summed E-state index contributed by atoms with van der Waals surface area (Å²) >= 11 is 1.31. The van der Waals surface area contributed by atoms with Crippen LogP contribution in [0.3, 0.4) is 0 Å². The lowest BCUT2D eigenvalue weighted by Crippen LogP contribution is -2.38. The molecule has 0 radical (unpaired) electrons. The van der Waals surface area contributed by atoms with E-state index in [1.165, 1.54) is 37.1 Å². The maximum Gasteiger partial charge on any atom is 0.338 e. The minimum Gasteiger partial charge on any atom is -0.466 e. The number of methoxy groups -OCH3 is 1. The second-order valence-electron chi connectivity index (χ2n) is 7.70. The second-order valence-corrected chi connectivity index (χ2v) is 8.54. The number of hydrogen-bond donors (Lipinski definition) is 1. The second kappa shape index (κ2) is 10.2. The molecular formula is C25H23F2N3O3S. The number of esters is 1. The van der Waals surface area contributed by atoms with E-state index in [1.807, 2.05) is 6.92 Å². The van der Waals surface area contributed by atoms with Crippen molar-refractivity contribution in [1.82, 2.24) is 10.2 Å². The fourth-order valence-electron chi connectivity index (χ4n) is 3.98. The van der Waals surface area contributed by atoms with E-state index in [9.17, 15) is 18.4 Å². The van der Waals surface area contributed by atoms with Crippen LogP contribution in [0.15, 0.2) is 75.9 Å². The van der Waals surface area contributed by atoms with Gasteiger partial charge < -0.3 is 15.0 Å². The standard InChI is InChI=1S/C25H23F2N3O3S/c1-3-20-22(24(32)33-2)23(18-9-4-5-10-19(18)27)30-17(14-34-25(30)29-20)12-21(31)28-13-15-7-6-8-16(26)11-15/h4-11,14,23H,3,12-13H2,1-2H3,(H,28,31)/t23-/m1/s1. The van der Waals surface area contributed by atoms with Crippen LogP contribution in [0.25, 0.3) is 0 Å². The van der Waals surface area contributed by atoms with E-state index in [4.69, 9.17) is 4.74 Å². The highest BCUT2D eigenvalue weighted by molar-refractivity contribution is 8.16. The molecule has 0 spiro atoms. The minimum absolute atomic E-state index is 0.0256. The Morgan fingerprint density at radius 1 is 1.18 bits per heavy atom. The predicted molar refractivity (Wildman–Crippen MR) is 126 cm³/mol. The fraction of sp³-hybridized carbons (Fsp3) is 0.240. The Morgan fingerprint density at radius 3 is 2.68 bits per heavy atom. The molecule has 9 heteroatoms. The van der Waals surface area contributed by atoms with E-state index in [-0.39, 0.29) is 35.8 Å². The van der Waals surface area contributed by atoms with Crippen LogP contribution in [-0.2, 0) is 20.9 Å². The van der Waals surface area contributed by atoms with Crippen molar-refractivity contribution in [1.29, 1.82) is 0 Å². The smallest absolute Gasteiger partial charge is 0.338 e. The highest BCUT2D eigenvalue weighted by Gasteiger charge is 2.42. The molecular weight excluding hydrogens is 460 g/mol. The van der Waals surface area contributed by atoms with Crippen molar-refractivity contribution in [3.63, 3.8) is 0 Å². The largest absolute Gasteiger partial charge is 0.466 e. The van der Waals surface area contributed by atoms with Crippen molar-refractivity contribution in [3.05, 3.63) is 93.7 Å². The van der Waals surface area contributed by atoms with Gasteiger partial charge in [0.2, 0.25) is 5.91 Å². The Bertz CT molecular complexity index is 1230. The van der Waals surface area contributed by atoms with Crippen LogP contribution >= 0.6 is 11.8 Å². The summed E-state index contributed by atoms with van der Waals surface area (Å²) in [5, 5.41) is 5.12. The number of amidine groups is 1. The predicted octanol–water partition coefficient (Wildman–Crippen LogP) is 4.81. The first-order valence-electron chi connectivity index (χ1n) is 10.7. The Balaban J connectivity index is 1.63. The number of allylic oxidation sites excluding steroid dienone is 1. The Morgan fingerprint density at radius 2 is 1.97 bits per heavy atom. The zero-order valence-electron chi connectivity index (χ0n) is 18.7. The van der Waals surface area contributed by atoms with Crippen LogP contribution < -0.4 is 5.32 Å². The number of fused-ring (bicyclic) bond motifs is 1. The molecule has 2 aromatic carbocycles. The first kappa shape index (κ1) is 23.7. The summed E-state index contributed by atoms with van der Waals surface area (Å²) in [6.45, 7) is 2.03. The van der Waals surface area contributed by atoms with E-state index in [0.717, 1.165) is 0 Å². The number of benzene rings is 2. The van der Waals surface area contributed by atoms with Crippen LogP contribution in [0.1, 0.15) is 36.9 Å². The Labute approximate surface area is 200 Å². The van der Waals surface area contributed by atoms with Gasteiger partial charge in [-0.15, -0.1) is 0 Å². The number of thioether (sulfide) groups is 1. The first-order valence-corrected chi connectivity index (χ1v) is 11.6. The van der Waals surface area contributed by atoms with Crippen LogP contribution in [0.5, 0.6) is 0 Å². The highest BCUT2D eigenvalue weighted by atomic mass is 32.2. The molecule has 2 heterocycles. The maximum absolute atomic E-state index is 15.0. The number of amides is 1. The molecule has 0 unspecified atom stereocenters. The van der Waals surface area contributed by atoms with Crippen LogP contribution in [0.2, 0.25) is 0 Å². The molecule has 0 saturated heterocycles. The van der Waals surface area contributed by atoms with Crippen molar-refractivity contribution in [3.8, 4) is 0 Å². The number of rotatable bonds is 7. The molecule has 0 aromatic heterocycles. The van der Waals surface area contributed by atoms with Gasteiger partial charge in [-0.25, -0.2) is 18.6 Å². The number of nitrogens with zero attached hydrogens (tertiary/aromatic N) is 2. The molecule has 34 heavy (non-hydrogen) atoms. The molecule has 2 aromatic rings. The zero-order chi connectivity index (χ0) is 24.2. The van der Waals surface area contributed by atoms with Crippen LogP contribution in [-0.4, -0.2) is 29.1 Å². The molecule has 0 aliphatic carbocycles. The third-order valence-corrected chi connectivity index (χ3v) is 6.44. The van der Waals surface area contributed by atoms with E-state index in [0.29, 0.717) is 28.5 Å². The first-order chi connectivity index (χ1) is 16.4. The summed E-state index contributed by atoms with van der Waals surface area (Å²) in [5.41, 5.74) is 2.26. The molecule has 2 aliphatic rings. The van der Waals surface area contributed by atoms with Gasteiger partial charge in [0.25, 0.3) is 0 Å². The molecule has 6 nitrogen and oxygen atoms in total. The maximum atomic E-state index is 15.0. The summed E-state index contributed by atoms with van der Waals surface area (Å²) in [5.74, 6) is -1.75. The molecule has 1 amide bonds. The van der Waals surface area contributed by atoms with Crippen molar-refractivity contribution in [2.45, 2.75) is 32.4 Å². The molecule has 4 rings (SSSR count). The summed E-state index contributed by atoms with van der Waals surface area (Å²) in [4.78, 5) is 31.9. The third kappa shape index (κ3) is 4.75. The van der Waals surface area contributed by atoms with E-state index in [2.05, 4.69) is 10.3 Å². The summed E-state index contributed by atoms with van der Waals surface area (Å²) in [7, 11) is 1.27. The number of halogens is 2. The summed E-state index contributed by atoms with van der Waals surface area (Å²) in [6, 6.07) is 11.4. The summed E-state index contributed by atoms with van der Waals surface area (Å²) < 4.78 is 33.4. The van der Waals surface area contributed by atoms with Gasteiger partial charge in [-0.3, -0.25) is 4.79 Å². The molecule has 176 valence electrons. The average Bonchev–Trinajstić information content (AvgIpc) is 3.23. The molecule has 0 bridgehead atoms. The van der Waals surface area contributed by atoms with Crippen LogP contribution in [0.4, 0.5) is 8.78 Å². The molecule has 1 atom stereocenters. The average molecular weight is 484 g/mol. The van der Waals surface area contributed by atoms with E-state index in [1.54, 1.807) is 40.6 Å². The van der Waals surface area contributed by atoms with Crippen molar-refractivity contribution < 1.29 is 23.1 Å². The normalized spacial score (nSPS) is 17.2. The van der Waals surface area contributed by atoms with Gasteiger partial charge in [0.05, 0.1) is 30.8 Å². The van der Waals surface area contributed by atoms with Crippen molar-refractivity contribution >= 4 is 28.8 Å². The minimum atomic E-state index is -0.826. The SMILES string of the molecule is CCC1=C(C(=O)OC)[C@@H](c2ccccc2F)N2C(CC(=O)NCc3cccc(F)c3)=CSC2=N1. The molecule has 2 aliphatic heterocycles. The quantitative estimate of drug-likeness (QED) is 0.573. The van der Waals surface area contributed by atoms with Crippen LogP contribution in [0, 0.1) is 11.6 Å². The van der Waals surface area contributed by atoms with E-state index < -0.39 is 17.8 Å². The molecule has 0 fully saturated rings. The van der Waals surface area contributed by atoms with E-state index >= 15 is 0 Å². The lowest BCUT2D eigenvalue weighted by Gasteiger charge is -2.36. The number of hydrogen-bond acceptors (Lipinski definition) is 6. The van der Waals surface area contributed by atoms with Gasteiger partial charge in [-0.1, -0.05) is 49.0 Å². The topological polar surface area (TPSA) is 71.0 Å².